The summed E-state index contributed by atoms with van der Waals surface area (Å²) in [5, 5.41) is 27.8. The Balaban J connectivity index is 1.39. The first-order valence-electron chi connectivity index (χ1n) is 10.3. The number of rotatable bonds is 7. The summed E-state index contributed by atoms with van der Waals surface area (Å²) in [6.07, 6.45) is 4.02. The molecule has 2 aromatic rings. The van der Waals surface area contributed by atoms with E-state index in [0.29, 0.717) is 40.8 Å². The number of anilines is 1. The molecule has 2 aliphatic heterocycles. The van der Waals surface area contributed by atoms with Crippen molar-refractivity contribution in [3.05, 3.63) is 63.8 Å². The molecule has 0 radical (unpaired) electrons. The number of nitrogens with zero attached hydrogens (tertiary/aromatic N) is 5. The molecular formula is C23H21N7OS. The monoisotopic (exact) mass is 443 g/mol. The molecule has 160 valence electrons. The Bertz CT molecular complexity index is 1160. The lowest BCUT2D eigenvalue weighted by Crippen LogP contribution is -2.27. The van der Waals surface area contributed by atoms with Crippen LogP contribution in [0.2, 0.25) is 0 Å². The summed E-state index contributed by atoms with van der Waals surface area (Å²) in [5.41, 5.74) is 3.37. The fourth-order valence-corrected chi connectivity index (χ4v) is 4.37. The molecule has 2 aliphatic rings. The molecule has 0 unspecified atom stereocenters. The number of aromatic nitrogens is 2. The van der Waals surface area contributed by atoms with Crippen molar-refractivity contribution < 1.29 is 4.79 Å². The van der Waals surface area contributed by atoms with Gasteiger partial charge in [-0.15, -0.1) is 0 Å². The molecular weight excluding hydrogens is 422 g/mol. The maximum Gasteiger partial charge on any atom is 0.223 e. The summed E-state index contributed by atoms with van der Waals surface area (Å²) in [6, 6.07) is 13.3. The summed E-state index contributed by atoms with van der Waals surface area (Å²) in [4.78, 5) is 22.3. The first-order chi connectivity index (χ1) is 15.7. The molecule has 2 N–H and O–H groups in total. The average Bonchev–Trinajstić information content (AvgIpc) is 3.47. The summed E-state index contributed by atoms with van der Waals surface area (Å²) < 4.78 is 0. The van der Waals surface area contributed by atoms with Crippen LogP contribution in [0.3, 0.4) is 0 Å². The first kappa shape index (κ1) is 21.4. The molecule has 1 saturated heterocycles. The van der Waals surface area contributed by atoms with E-state index in [9.17, 15) is 10.1 Å². The predicted molar refractivity (Wildman–Crippen MR) is 123 cm³/mol. The average molecular weight is 444 g/mol. The van der Waals surface area contributed by atoms with Crippen molar-refractivity contribution in [1.82, 2.24) is 20.2 Å². The third-order valence-corrected chi connectivity index (χ3v) is 6.07. The van der Waals surface area contributed by atoms with Crippen LogP contribution in [0.4, 0.5) is 5.95 Å². The predicted octanol–water partition coefficient (Wildman–Crippen LogP) is 3.30. The minimum atomic E-state index is 0.226. The number of hydrogen-bond acceptors (Lipinski definition) is 8. The second kappa shape index (κ2) is 9.99. The van der Waals surface area contributed by atoms with Crippen molar-refractivity contribution in [2.75, 3.05) is 25.0 Å². The van der Waals surface area contributed by atoms with Gasteiger partial charge < -0.3 is 15.5 Å². The first-order valence-corrected chi connectivity index (χ1v) is 11.2. The van der Waals surface area contributed by atoms with Gasteiger partial charge in [-0.2, -0.15) is 10.5 Å². The maximum absolute atomic E-state index is 11.7. The van der Waals surface area contributed by atoms with Crippen molar-refractivity contribution in [2.45, 2.75) is 19.3 Å². The SMILES string of the molecule is N#CC(=C1NC(c2ccc(C#N)cc2)=CS1)c1ccnc(NCCCN2CCCC2=O)n1. The van der Waals surface area contributed by atoms with Gasteiger partial charge in [0.1, 0.15) is 11.6 Å². The van der Waals surface area contributed by atoms with Gasteiger partial charge in [0.15, 0.2) is 0 Å². The van der Waals surface area contributed by atoms with Gasteiger partial charge >= 0.3 is 0 Å². The molecule has 1 aromatic carbocycles. The lowest BCUT2D eigenvalue weighted by Gasteiger charge is -2.15. The number of hydrogen-bond donors (Lipinski definition) is 2. The Hall–Kier alpha value is -3.82. The van der Waals surface area contributed by atoms with Gasteiger partial charge in [0.05, 0.1) is 28.1 Å². The van der Waals surface area contributed by atoms with Gasteiger partial charge in [0.2, 0.25) is 11.9 Å². The van der Waals surface area contributed by atoms with Gasteiger partial charge in [-0.05, 0) is 36.6 Å². The number of nitrogens with one attached hydrogen (secondary N) is 2. The standard InChI is InChI=1S/C23H21N7OS/c24-13-16-4-6-17(7-5-16)20-15-32-22(28-20)18(14-25)19-8-10-27-23(29-19)26-9-2-12-30-11-1-3-21(30)31/h4-8,10,15,28H,1-3,9,11-12H2,(H,26,27,29). The summed E-state index contributed by atoms with van der Waals surface area (Å²) in [6.45, 7) is 2.21. The van der Waals surface area contributed by atoms with Gasteiger partial charge in [0.25, 0.3) is 0 Å². The molecule has 3 heterocycles. The highest BCUT2D eigenvalue weighted by atomic mass is 32.2. The molecule has 8 nitrogen and oxygen atoms in total. The second-order valence-corrected chi connectivity index (χ2v) is 8.19. The van der Waals surface area contributed by atoms with Crippen LogP contribution < -0.4 is 10.6 Å². The lowest BCUT2D eigenvalue weighted by atomic mass is 10.1. The molecule has 32 heavy (non-hydrogen) atoms. The Morgan fingerprint density at radius 1 is 1.25 bits per heavy atom. The molecule has 4 rings (SSSR count). The number of carbonyl (C=O) groups is 1. The Labute approximate surface area is 190 Å². The smallest absolute Gasteiger partial charge is 0.223 e. The van der Waals surface area contributed by atoms with Crippen LogP contribution >= 0.6 is 11.8 Å². The van der Waals surface area contributed by atoms with E-state index in [1.54, 1.807) is 24.4 Å². The van der Waals surface area contributed by atoms with E-state index >= 15 is 0 Å². The largest absolute Gasteiger partial charge is 0.354 e. The number of thioether (sulfide) groups is 1. The van der Waals surface area contributed by atoms with Crippen molar-refractivity contribution in [1.29, 1.82) is 10.5 Å². The molecule has 0 bridgehead atoms. The minimum absolute atomic E-state index is 0.226. The van der Waals surface area contributed by atoms with Crippen molar-refractivity contribution in [2.24, 2.45) is 0 Å². The highest BCUT2D eigenvalue weighted by Gasteiger charge is 2.20. The van der Waals surface area contributed by atoms with E-state index in [1.807, 2.05) is 22.4 Å². The van der Waals surface area contributed by atoms with Crippen LogP contribution in [0, 0.1) is 22.7 Å². The van der Waals surface area contributed by atoms with Crippen LogP contribution in [-0.2, 0) is 4.79 Å². The van der Waals surface area contributed by atoms with E-state index in [4.69, 9.17) is 5.26 Å². The van der Waals surface area contributed by atoms with Crippen LogP contribution in [0.5, 0.6) is 0 Å². The third-order valence-electron chi connectivity index (χ3n) is 5.18. The fourth-order valence-electron chi connectivity index (χ4n) is 3.50. The molecule has 9 heteroatoms. The summed E-state index contributed by atoms with van der Waals surface area (Å²) in [5.74, 6) is 0.677. The normalized spacial score (nSPS) is 16.8. The Morgan fingerprint density at radius 2 is 2.09 bits per heavy atom. The molecule has 0 spiro atoms. The van der Waals surface area contributed by atoms with E-state index < -0.39 is 0 Å². The zero-order chi connectivity index (χ0) is 22.3. The van der Waals surface area contributed by atoms with Crippen LogP contribution in [0.1, 0.15) is 36.1 Å². The second-order valence-electron chi connectivity index (χ2n) is 7.31. The summed E-state index contributed by atoms with van der Waals surface area (Å²) >= 11 is 1.43. The van der Waals surface area contributed by atoms with Gasteiger partial charge in [-0.1, -0.05) is 23.9 Å². The van der Waals surface area contributed by atoms with Gasteiger partial charge in [-0.3, -0.25) is 4.79 Å². The minimum Gasteiger partial charge on any atom is -0.354 e. The Morgan fingerprint density at radius 3 is 2.81 bits per heavy atom. The number of nitriles is 2. The molecule has 1 amide bonds. The topological polar surface area (TPSA) is 118 Å². The maximum atomic E-state index is 11.7. The van der Waals surface area contributed by atoms with Crippen LogP contribution in [0.25, 0.3) is 11.3 Å². The van der Waals surface area contributed by atoms with Gasteiger partial charge in [-0.25, -0.2) is 9.97 Å². The number of likely N-dealkylation sites (tertiary alicyclic amines) is 1. The zero-order valence-electron chi connectivity index (χ0n) is 17.3. The number of carbonyl (C=O) groups excluding carboxylic acids is 1. The molecule has 0 atom stereocenters. The quantitative estimate of drug-likeness (QED) is 0.494. The van der Waals surface area contributed by atoms with E-state index in [1.165, 1.54) is 11.8 Å². The van der Waals surface area contributed by atoms with Crippen molar-refractivity contribution in [3.63, 3.8) is 0 Å². The van der Waals surface area contributed by atoms with E-state index in [2.05, 4.69) is 32.7 Å². The number of allylic oxidation sites excluding steroid dienone is 1. The van der Waals surface area contributed by atoms with Crippen LogP contribution in [-0.4, -0.2) is 40.4 Å². The van der Waals surface area contributed by atoms with E-state index in [0.717, 1.165) is 37.2 Å². The Kier molecular flexibility index (Phi) is 6.69. The third kappa shape index (κ3) is 4.90. The van der Waals surface area contributed by atoms with Crippen LogP contribution in [0.15, 0.2) is 47.0 Å². The molecule has 0 aliphatic carbocycles. The highest BCUT2D eigenvalue weighted by Crippen LogP contribution is 2.34. The number of benzene rings is 1. The highest BCUT2D eigenvalue weighted by molar-refractivity contribution is 8.06. The molecule has 1 aromatic heterocycles. The molecule has 1 fully saturated rings. The fraction of sp³-hybridized carbons (Fsp3) is 0.261. The van der Waals surface area contributed by atoms with Gasteiger partial charge in [0, 0.05) is 37.7 Å². The van der Waals surface area contributed by atoms with Crippen molar-refractivity contribution >= 4 is 34.9 Å². The zero-order valence-corrected chi connectivity index (χ0v) is 18.2. The summed E-state index contributed by atoms with van der Waals surface area (Å²) in [7, 11) is 0. The molecule has 0 saturated carbocycles. The lowest BCUT2D eigenvalue weighted by molar-refractivity contribution is -0.127. The van der Waals surface area contributed by atoms with Crippen molar-refractivity contribution in [3.8, 4) is 12.1 Å². The van der Waals surface area contributed by atoms with E-state index in [-0.39, 0.29) is 5.91 Å². The number of amides is 1.